The normalized spacial score (nSPS) is 15.8. The van der Waals surface area contributed by atoms with Crippen molar-refractivity contribution in [1.82, 2.24) is 10.2 Å². The molecule has 0 bridgehead atoms. The summed E-state index contributed by atoms with van der Waals surface area (Å²) in [6, 6.07) is 25.4. The fraction of sp³-hybridized carbons (Fsp3) is 0.303. The number of hydrogen-bond acceptors (Lipinski definition) is 4. The third kappa shape index (κ3) is 6.42. The molecule has 0 fully saturated rings. The van der Waals surface area contributed by atoms with Crippen LogP contribution in [0.4, 0.5) is 10.5 Å². The van der Waals surface area contributed by atoms with Gasteiger partial charge in [-0.3, -0.25) is 9.69 Å². The quantitative estimate of drug-likeness (QED) is 0.267. The number of carbonyl (C=O) groups is 3. The van der Waals surface area contributed by atoms with Crippen LogP contribution in [0.5, 0.6) is 0 Å². The second-order valence-corrected chi connectivity index (χ2v) is 9.72. The first-order valence-corrected chi connectivity index (χ1v) is 14.0. The van der Waals surface area contributed by atoms with E-state index < -0.39 is 12.0 Å². The number of amides is 3. The molecule has 2 atom stereocenters. The minimum atomic E-state index is -0.757. The zero-order valence-electron chi connectivity index (χ0n) is 23.4. The molecule has 208 valence electrons. The molecule has 2 N–H and O–H groups in total. The Bertz CT molecular complexity index is 1350. The fourth-order valence-corrected chi connectivity index (χ4v) is 5.05. The van der Waals surface area contributed by atoms with E-state index in [1.165, 1.54) is 0 Å². The summed E-state index contributed by atoms with van der Waals surface area (Å²) in [6.07, 6.45) is 2.33. The average molecular weight is 540 g/mol. The maximum atomic E-state index is 13.5. The van der Waals surface area contributed by atoms with Gasteiger partial charge in [-0.05, 0) is 48.6 Å². The van der Waals surface area contributed by atoms with Gasteiger partial charge in [-0.1, -0.05) is 93.1 Å². The minimum Gasteiger partial charge on any atom is -0.463 e. The number of esters is 1. The van der Waals surface area contributed by atoms with Crippen molar-refractivity contribution < 1.29 is 19.1 Å². The van der Waals surface area contributed by atoms with Crippen LogP contribution in [0.1, 0.15) is 68.7 Å². The maximum absolute atomic E-state index is 13.5. The van der Waals surface area contributed by atoms with E-state index in [1.807, 2.05) is 91.9 Å². The molecular formula is C33H37N3O4. The van der Waals surface area contributed by atoms with Crippen LogP contribution in [0.25, 0.3) is 5.70 Å². The Balaban J connectivity index is 1.75. The number of anilines is 1. The lowest BCUT2D eigenvalue weighted by Crippen LogP contribution is -2.48. The molecule has 7 heteroatoms. The topological polar surface area (TPSA) is 87.7 Å². The van der Waals surface area contributed by atoms with Gasteiger partial charge in [0.2, 0.25) is 5.91 Å². The first-order chi connectivity index (χ1) is 19.5. The summed E-state index contributed by atoms with van der Waals surface area (Å²) in [7, 11) is 0. The van der Waals surface area contributed by atoms with E-state index in [-0.39, 0.29) is 24.5 Å². The lowest BCUT2D eigenvalue weighted by molar-refractivity contribution is -0.139. The summed E-state index contributed by atoms with van der Waals surface area (Å²) < 4.78 is 5.52. The predicted molar refractivity (Wildman–Crippen MR) is 157 cm³/mol. The Labute approximate surface area is 236 Å². The molecule has 7 nitrogen and oxygen atoms in total. The van der Waals surface area contributed by atoms with Gasteiger partial charge in [0.15, 0.2) is 0 Å². The molecule has 0 saturated carbocycles. The first kappa shape index (κ1) is 28.6. The molecule has 1 heterocycles. The van der Waals surface area contributed by atoms with Crippen molar-refractivity contribution in [2.45, 2.75) is 52.0 Å². The smallest absolute Gasteiger partial charge is 0.338 e. The van der Waals surface area contributed by atoms with E-state index in [1.54, 1.807) is 11.8 Å². The number of ether oxygens (including phenoxy) is 1. The Morgan fingerprint density at radius 1 is 0.950 bits per heavy atom. The third-order valence-electron chi connectivity index (χ3n) is 7.02. The van der Waals surface area contributed by atoms with E-state index in [0.29, 0.717) is 35.5 Å². The van der Waals surface area contributed by atoms with Gasteiger partial charge in [0, 0.05) is 12.2 Å². The fourth-order valence-electron chi connectivity index (χ4n) is 5.05. The van der Waals surface area contributed by atoms with Crippen LogP contribution in [0, 0.1) is 0 Å². The summed E-state index contributed by atoms with van der Waals surface area (Å²) in [5.41, 5.74) is 3.88. The molecule has 1 aliphatic heterocycles. The van der Waals surface area contributed by atoms with Crippen LogP contribution in [0.3, 0.4) is 0 Å². The molecule has 4 rings (SSSR count). The molecular weight excluding hydrogens is 502 g/mol. The second kappa shape index (κ2) is 13.6. The van der Waals surface area contributed by atoms with Crippen molar-refractivity contribution in [3.8, 4) is 0 Å². The number of hydrogen-bond donors (Lipinski definition) is 2. The molecule has 0 spiro atoms. The van der Waals surface area contributed by atoms with Crippen molar-refractivity contribution in [1.29, 1.82) is 0 Å². The van der Waals surface area contributed by atoms with Gasteiger partial charge in [-0.2, -0.15) is 0 Å². The summed E-state index contributed by atoms with van der Waals surface area (Å²) in [5, 5.41) is 6.07. The lowest BCUT2D eigenvalue weighted by Gasteiger charge is -2.37. The van der Waals surface area contributed by atoms with E-state index in [9.17, 15) is 14.4 Å². The Hall–Kier alpha value is -4.39. The van der Waals surface area contributed by atoms with E-state index in [0.717, 1.165) is 24.0 Å². The number of rotatable bonds is 11. The van der Waals surface area contributed by atoms with E-state index in [2.05, 4.69) is 17.6 Å². The number of benzene rings is 3. The molecule has 0 radical (unpaired) electrons. The van der Waals surface area contributed by atoms with E-state index >= 15 is 0 Å². The number of nitrogens with one attached hydrogen (secondary N) is 2. The highest BCUT2D eigenvalue weighted by Gasteiger charge is 2.38. The van der Waals surface area contributed by atoms with Crippen molar-refractivity contribution in [3.05, 3.63) is 107 Å². The standard InChI is InChI=1S/C33H37N3O4/c1-4-7-21-36-30(24-17-12-9-13-18-24)28(32(38)40-6-3)29(35-33(36)39)25-19-14-20-26(22-25)34-31(37)27(5-2)23-15-10-8-11-16-23/h8-20,22,27,29H,4-7,21H2,1-3H3,(H,34,37)(H,35,39). The van der Waals surface area contributed by atoms with Crippen LogP contribution < -0.4 is 10.6 Å². The molecule has 3 aromatic rings. The highest BCUT2D eigenvalue weighted by molar-refractivity contribution is 6.05. The monoisotopic (exact) mass is 539 g/mol. The van der Waals surface area contributed by atoms with Crippen LogP contribution in [0.2, 0.25) is 0 Å². The van der Waals surface area contributed by atoms with Crippen molar-refractivity contribution in [3.63, 3.8) is 0 Å². The second-order valence-electron chi connectivity index (χ2n) is 9.72. The average Bonchev–Trinajstić information content (AvgIpc) is 2.97. The highest BCUT2D eigenvalue weighted by atomic mass is 16.5. The summed E-state index contributed by atoms with van der Waals surface area (Å²) >= 11 is 0. The largest absolute Gasteiger partial charge is 0.463 e. The van der Waals surface area contributed by atoms with Crippen molar-refractivity contribution in [2.24, 2.45) is 0 Å². The summed E-state index contributed by atoms with van der Waals surface area (Å²) in [6.45, 7) is 6.48. The molecule has 2 unspecified atom stereocenters. The van der Waals surface area contributed by atoms with Crippen molar-refractivity contribution in [2.75, 3.05) is 18.5 Å². The number of nitrogens with zero attached hydrogens (tertiary/aromatic N) is 1. The molecule has 3 aromatic carbocycles. The van der Waals surface area contributed by atoms with Crippen molar-refractivity contribution >= 4 is 29.3 Å². The van der Waals surface area contributed by atoms with Gasteiger partial charge >= 0.3 is 12.0 Å². The predicted octanol–water partition coefficient (Wildman–Crippen LogP) is 6.66. The maximum Gasteiger partial charge on any atom is 0.338 e. The zero-order valence-corrected chi connectivity index (χ0v) is 23.4. The van der Waals surface area contributed by atoms with Gasteiger partial charge in [-0.15, -0.1) is 0 Å². The van der Waals surface area contributed by atoms with Gasteiger partial charge in [0.05, 0.1) is 29.8 Å². The minimum absolute atomic E-state index is 0.115. The van der Waals surface area contributed by atoms with Gasteiger partial charge in [0.1, 0.15) is 0 Å². The molecule has 1 aliphatic rings. The number of unbranched alkanes of at least 4 members (excludes halogenated alkanes) is 1. The summed E-state index contributed by atoms with van der Waals surface area (Å²) in [5.74, 6) is -0.904. The van der Waals surface area contributed by atoms with Crippen LogP contribution >= 0.6 is 0 Å². The highest BCUT2D eigenvalue weighted by Crippen LogP contribution is 2.37. The van der Waals surface area contributed by atoms with Gasteiger partial charge in [-0.25, -0.2) is 9.59 Å². The molecule has 0 aliphatic carbocycles. The summed E-state index contributed by atoms with van der Waals surface area (Å²) in [4.78, 5) is 41.9. The SMILES string of the molecule is CCCCN1C(=O)NC(c2cccc(NC(=O)C(CC)c3ccccc3)c2)C(C(=O)OCC)=C1c1ccccc1. The molecule has 0 saturated heterocycles. The Morgan fingerprint density at radius 2 is 1.65 bits per heavy atom. The first-order valence-electron chi connectivity index (χ1n) is 14.0. The third-order valence-corrected chi connectivity index (χ3v) is 7.02. The van der Waals surface area contributed by atoms with Gasteiger partial charge in [0.25, 0.3) is 0 Å². The van der Waals surface area contributed by atoms with Crippen LogP contribution in [-0.2, 0) is 14.3 Å². The zero-order chi connectivity index (χ0) is 28.5. The lowest BCUT2D eigenvalue weighted by atomic mass is 9.91. The van der Waals surface area contributed by atoms with Gasteiger partial charge < -0.3 is 15.4 Å². The van der Waals surface area contributed by atoms with Crippen LogP contribution in [0.15, 0.2) is 90.5 Å². The molecule has 40 heavy (non-hydrogen) atoms. The Morgan fingerprint density at radius 3 is 2.30 bits per heavy atom. The van der Waals surface area contributed by atoms with Crippen LogP contribution in [-0.4, -0.2) is 36.0 Å². The molecule has 0 aromatic heterocycles. The number of urea groups is 1. The van der Waals surface area contributed by atoms with E-state index in [4.69, 9.17) is 4.74 Å². The molecule has 3 amide bonds. The number of carbonyl (C=O) groups excluding carboxylic acids is 3. The Kier molecular flexibility index (Phi) is 9.73.